The average molecular weight is 596 g/mol. The highest BCUT2D eigenvalue weighted by Crippen LogP contribution is 2.42. The van der Waals surface area contributed by atoms with Gasteiger partial charge in [-0.1, -0.05) is 12.1 Å². The summed E-state index contributed by atoms with van der Waals surface area (Å²) in [6.07, 6.45) is -5.73. The number of hydrogen-bond acceptors (Lipinski definition) is 12. The van der Waals surface area contributed by atoms with Gasteiger partial charge in [0.1, 0.15) is 53.7 Å². The number of hydrogen-bond donors (Lipinski definition) is 8. The third-order valence-electron chi connectivity index (χ3n) is 6.66. The number of phenols is 5. The van der Waals surface area contributed by atoms with E-state index in [1.807, 2.05) is 0 Å². The molecule has 1 fully saturated rings. The Morgan fingerprint density at radius 3 is 2.28 bits per heavy atom. The van der Waals surface area contributed by atoms with Gasteiger partial charge in [0.05, 0.1) is 11.6 Å². The Hall–Kier alpha value is -5.08. The molecule has 43 heavy (non-hydrogen) atoms. The lowest BCUT2D eigenvalue weighted by Crippen LogP contribution is -2.60. The van der Waals surface area contributed by atoms with Crippen LogP contribution in [0.5, 0.6) is 34.5 Å². The van der Waals surface area contributed by atoms with E-state index >= 15 is 0 Å². The van der Waals surface area contributed by atoms with Gasteiger partial charge in [-0.15, -0.1) is 0 Å². The molecule has 13 nitrogen and oxygen atoms in total. The molecule has 0 bridgehead atoms. The van der Waals surface area contributed by atoms with Gasteiger partial charge >= 0.3 is 17.3 Å². The smallest absolute Gasteiger partial charge is 0.402 e. The summed E-state index contributed by atoms with van der Waals surface area (Å²) in [6.45, 7) is -0.537. The maximum absolute atomic E-state index is 12.3. The Kier molecular flexibility index (Phi) is 8.23. The predicted octanol–water partition coefficient (Wildman–Crippen LogP) is 2.35. The van der Waals surface area contributed by atoms with E-state index < -0.39 is 54.8 Å². The second-order valence-electron chi connectivity index (χ2n) is 9.71. The Bertz CT molecular complexity index is 1670. The van der Waals surface area contributed by atoms with Crippen molar-refractivity contribution in [3.63, 3.8) is 0 Å². The van der Waals surface area contributed by atoms with Crippen molar-refractivity contribution >= 4 is 23.0 Å². The van der Waals surface area contributed by atoms with Crippen LogP contribution in [0.1, 0.15) is 5.56 Å². The molecule has 5 rings (SSSR count). The van der Waals surface area contributed by atoms with Gasteiger partial charge in [-0.2, -0.15) is 0 Å². The predicted molar refractivity (Wildman–Crippen MR) is 148 cm³/mol. The standard InChI is InChI=1S/C30H26O13/c31-16-5-1-14(2-6-16)3-8-25(36)40-13-24-26(37)27(38)28(39)30(43-24)42-23-12-18-20(34)10-17(32)11-22(18)41-29(23)15-4-7-19(33)21(35)9-15/h1-12,24,26-28,30,37-39H,13H2,(H4-,31,32,33,34,35,36)/p+1/t24-,26+,27+,28-,30-/m1/s1. The Balaban J connectivity index is 1.39. The molecule has 13 heteroatoms. The molecule has 4 aromatic rings. The second kappa shape index (κ2) is 12.0. The molecule has 0 aliphatic carbocycles. The van der Waals surface area contributed by atoms with Gasteiger partial charge in [-0.3, -0.25) is 0 Å². The van der Waals surface area contributed by atoms with E-state index in [2.05, 4.69) is 0 Å². The lowest BCUT2D eigenvalue weighted by Gasteiger charge is -2.39. The van der Waals surface area contributed by atoms with Crippen molar-refractivity contribution < 1.29 is 64.3 Å². The molecule has 1 aliphatic heterocycles. The molecule has 5 atom stereocenters. The first-order valence-electron chi connectivity index (χ1n) is 12.9. The zero-order valence-electron chi connectivity index (χ0n) is 22.1. The summed E-state index contributed by atoms with van der Waals surface area (Å²) in [5.74, 6) is -2.60. The highest BCUT2D eigenvalue weighted by atomic mass is 16.7. The fourth-order valence-electron chi connectivity index (χ4n) is 4.38. The van der Waals surface area contributed by atoms with Crippen LogP contribution in [0.25, 0.3) is 28.4 Å². The quantitative estimate of drug-likeness (QED) is 0.0667. The molecule has 0 unspecified atom stereocenters. The number of ether oxygens (including phenoxy) is 3. The number of rotatable bonds is 7. The van der Waals surface area contributed by atoms with Crippen molar-refractivity contribution in [2.24, 2.45) is 0 Å². The van der Waals surface area contributed by atoms with Crippen LogP contribution in [0.15, 0.2) is 71.2 Å². The lowest BCUT2D eigenvalue weighted by molar-refractivity contribution is -0.278. The van der Waals surface area contributed by atoms with E-state index in [1.165, 1.54) is 42.5 Å². The minimum absolute atomic E-state index is 0.0122. The number of aromatic hydroxyl groups is 5. The Morgan fingerprint density at radius 1 is 0.814 bits per heavy atom. The zero-order chi connectivity index (χ0) is 30.8. The van der Waals surface area contributed by atoms with Crippen LogP contribution < -0.4 is 4.74 Å². The van der Waals surface area contributed by atoms with Crippen LogP contribution in [-0.4, -0.2) is 84.1 Å². The minimum Gasteiger partial charge on any atom is -0.508 e. The molecule has 1 saturated heterocycles. The highest BCUT2D eigenvalue weighted by molar-refractivity contribution is 5.89. The van der Waals surface area contributed by atoms with Gasteiger partial charge in [-0.05, 0) is 35.9 Å². The highest BCUT2D eigenvalue weighted by Gasteiger charge is 2.46. The molecular formula is C30H27O13+. The third kappa shape index (κ3) is 6.39. The number of phenolic OH excluding ortho intramolecular Hbond substituents is 5. The summed E-state index contributed by atoms with van der Waals surface area (Å²) in [6, 6.07) is 13.3. The third-order valence-corrected chi connectivity index (χ3v) is 6.66. The number of carbonyl (C=O) groups is 1. The van der Waals surface area contributed by atoms with Crippen LogP contribution in [-0.2, 0) is 14.3 Å². The molecule has 0 saturated carbocycles. The summed E-state index contributed by atoms with van der Waals surface area (Å²) in [5.41, 5.74) is 0.792. The van der Waals surface area contributed by atoms with Crippen LogP contribution in [0.3, 0.4) is 0 Å². The van der Waals surface area contributed by atoms with Gasteiger partial charge in [0.2, 0.25) is 12.0 Å². The molecule has 1 aliphatic rings. The SMILES string of the molecule is O=C(/C=C/c1ccc(O)cc1)OC[C@H]1O[C@@H](Oc2cc3c(O)cc(O)cc3[o+]c2-c2ccc(O)c(O)c2)[C@H](O)[C@@H](O)[C@H]1O. The summed E-state index contributed by atoms with van der Waals surface area (Å²) < 4.78 is 22.5. The molecule has 1 aromatic heterocycles. The first-order chi connectivity index (χ1) is 20.5. The van der Waals surface area contributed by atoms with E-state index in [0.29, 0.717) is 5.56 Å². The van der Waals surface area contributed by atoms with E-state index in [0.717, 1.165) is 18.2 Å². The number of aliphatic hydroxyl groups is 3. The second-order valence-corrected chi connectivity index (χ2v) is 9.71. The van der Waals surface area contributed by atoms with Gasteiger partial charge < -0.3 is 55.1 Å². The van der Waals surface area contributed by atoms with Crippen molar-refractivity contribution in [3.8, 4) is 45.8 Å². The van der Waals surface area contributed by atoms with Crippen molar-refractivity contribution in [1.29, 1.82) is 0 Å². The molecule has 8 N–H and O–H groups in total. The number of esters is 1. The Morgan fingerprint density at radius 2 is 1.56 bits per heavy atom. The van der Waals surface area contributed by atoms with Crippen molar-refractivity contribution in [2.75, 3.05) is 6.61 Å². The molecular weight excluding hydrogens is 568 g/mol. The zero-order valence-corrected chi connectivity index (χ0v) is 22.1. The number of benzene rings is 3. The van der Waals surface area contributed by atoms with Gasteiger partial charge in [0, 0.05) is 24.3 Å². The molecule has 224 valence electrons. The van der Waals surface area contributed by atoms with E-state index in [1.54, 1.807) is 12.1 Å². The van der Waals surface area contributed by atoms with E-state index in [9.17, 15) is 45.6 Å². The number of fused-ring (bicyclic) bond motifs is 1. The van der Waals surface area contributed by atoms with Crippen LogP contribution in [0, 0.1) is 0 Å². The maximum atomic E-state index is 12.3. The summed E-state index contributed by atoms with van der Waals surface area (Å²) in [4.78, 5) is 12.3. The molecule has 0 radical (unpaired) electrons. The minimum atomic E-state index is -1.80. The van der Waals surface area contributed by atoms with Gasteiger partial charge in [0.25, 0.3) is 0 Å². The Labute approximate surface area is 242 Å². The fraction of sp³-hybridized carbons (Fsp3) is 0.200. The topological polar surface area (TPSA) is 218 Å². The maximum Gasteiger partial charge on any atom is 0.402 e. The summed E-state index contributed by atoms with van der Waals surface area (Å²) in [7, 11) is 0. The van der Waals surface area contributed by atoms with Crippen LogP contribution in [0.2, 0.25) is 0 Å². The van der Waals surface area contributed by atoms with Gasteiger partial charge in [0.15, 0.2) is 11.5 Å². The van der Waals surface area contributed by atoms with Crippen LogP contribution in [0.4, 0.5) is 0 Å². The molecule has 0 amide bonds. The first-order valence-corrected chi connectivity index (χ1v) is 12.9. The molecule has 2 heterocycles. The van der Waals surface area contributed by atoms with E-state index in [-0.39, 0.29) is 45.3 Å². The average Bonchev–Trinajstić information content (AvgIpc) is 2.98. The summed E-state index contributed by atoms with van der Waals surface area (Å²) >= 11 is 0. The van der Waals surface area contributed by atoms with Crippen molar-refractivity contribution in [1.82, 2.24) is 0 Å². The van der Waals surface area contributed by atoms with Crippen LogP contribution >= 0.6 is 0 Å². The van der Waals surface area contributed by atoms with Crippen molar-refractivity contribution in [3.05, 3.63) is 72.3 Å². The monoisotopic (exact) mass is 595 g/mol. The van der Waals surface area contributed by atoms with Crippen molar-refractivity contribution in [2.45, 2.75) is 30.7 Å². The molecule has 3 aromatic carbocycles. The normalized spacial score (nSPS) is 22.1. The number of carbonyl (C=O) groups excluding carboxylic acids is 1. The largest absolute Gasteiger partial charge is 0.508 e. The number of aliphatic hydroxyl groups excluding tert-OH is 3. The van der Waals surface area contributed by atoms with E-state index in [4.69, 9.17) is 18.6 Å². The lowest BCUT2D eigenvalue weighted by atomic mass is 9.99. The molecule has 0 spiro atoms. The fourth-order valence-corrected chi connectivity index (χ4v) is 4.38. The summed E-state index contributed by atoms with van der Waals surface area (Å²) in [5, 5.41) is 81.2. The first kappa shape index (κ1) is 29.4. The van der Waals surface area contributed by atoms with Gasteiger partial charge in [-0.25, -0.2) is 9.21 Å².